The van der Waals surface area contributed by atoms with Crippen LogP contribution in [-0.2, 0) is 11.2 Å². The minimum atomic E-state index is -0.424. The van der Waals surface area contributed by atoms with E-state index < -0.39 is 5.97 Å². The largest absolute Gasteiger partial charge is 0.462 e. The Kier molecular flexibility index (Phi) is 7.64. The molecule has 6 heteroatoms. The number of carbonyl (C=O) groups is 2. The van der Waals surface area contributed by atoms with Crippen molar-refractivity contribution in [1.82, 2.24) is 9.80 Å². The van der Waals surface area contributed by atoms with Crippen molar-refractivity contribution >= 4 is 17.7 Å². The number of urea groups is 1. The van der Waals surface area contributed by atoms with Crippen molar-refractivity contribution in [2.45, 2.75) is 19.8 Å². The Hall–Kier alpha value is -2.86. The molecule has 29 heavy (non-hydrogen) atoms. The summed E-state index contributed by atoms with van der Waals surface area (Å²) in [7, 11) is 0. The summed E-state index contributed by atoms with van der Waals surface area (Å²) in [4.78, 5) is 28.9. The third-order valence-electron chi connectivity index (χ3n) is 5.11. The van der Waals surface area contributed by atoms with Gasteiger partial charge in [0.05, 0.1) is 17.9 Å². The number of carbonyl (C=O) groups excluding carboxylic acids is 2. The molecule has 1 saturated heterocycles. The number of aryl methyl sites for hydroxylation is 1. The predicted octanol–water partition coefficient (Wildman–Crippen LogP) is 3.65. The maximum atomic E-state index is 12.7. The van der Waals surface area contributed by atoms with E-state index >= 15 is 0 Å². The summed E-state index contributed by atoms with van der Waals surface area (Å²) in [6.45, 7) is 6.18. The third-order valence-corrected chi connectivity index (χ3v) is 5.11. The molecule has 0 atom stereocenters. The molecule has 1 heterocycles. The summed E-state index contributed by atoms with van der Waals surface area (Å²) in [5, 5.41) is 2.87. The fourth-order valence-corrected chi connectivity index (χ4v) is 3.50. The Labute approximate surface area is 172 Å². The smallest absolute Gasteiger partial charge is 0.340 e. The van der Waals surface area contributed by atoms with Gasteiger partial charge in [-0.3, -0.25) is 4.90 Å². The molecule has 2 aromatic carbocycles. The molecule has 0 unspecified atom stereocenters. The van der Waals surface area contributed by atoms with Crippen LogP contribution in [0.4, 0.5) is 10.5 Å². The number of anilines is 1. The average Bonchev–Trinajstić information content (AvgIpc) is 2.75. The van der Waals surface area contributed by atoms with Gasteiger partial charge in [-0.1, -0.05) is 42.5 Å². The van der Waals surface area contributed by atoms with Crippen LogP contribution in [0.15, 0.2) is 54.6 Å². The van der Waals surface area contributed by atoms with E-state index in [1.54, 1.807) is 36.1 Å². The summed E-state index contributed by atoms with van der Waals surface area (Å²) in [6, 6.07) is 17.3. The topological polar surface area (TPSA) is 61.9 Å². The quantitative estimate of drug-likeness (QED) is 0.727. The van der Waals surface area contributed by atoms with Crippen LogP contribution in [0.25, 0.3) is 0 Å². The number of nitrogens with zero attached hydrogens (tertiary/aromatic N) is 2. The van der Waals surface area contributed by atoms with E-state index in [0.29, 0.717) is 30.9 Å². The number of amides is 2. The van der Waals surface area contributed by atoms with Crippen molar-refractivity contribution < 1.29 is 14.3 Å². The molecule has 2 aromatic rings. The normalized spacial score (nSPS) is 14.4. The highest BCUT2D eigenvalue weighted by Crippen LogP contribution is 2.17. The van der Waals surface area contributed by atoms with Gasteiger partial charge in [0.25, 0.3) is 0 Å². The lowest BCUT2D eigenvalue weighted by Gasteiger charge is -2.34. The SMILES string of the molecule is CCOC(=O)c1ccccc1NC(=O)N1CCN(CCCc2ccccc2)CC1. The first-order valence-electron chi connectivity index (χ1n) is 10.3. The number of esters is 1. The van der Waals surface area contributed by atoms with E-state index in [9.17, 15) is 9.59 Å². The van der Waals surface area contributed by atoms with Crippen molar-refractivity contribution in [2.24, 2.45) is 0 Å². The molecule has 0 aromatic heterocycles. The van der Waals surface area contributed by atoms with Crippen molar-refractivity contribution in [3.8, 4) is 0 Å². The van der Waals surface area contributed by atoms with Crippen molar-refractivity contribution in [3.63, 3.8) is 0 Å². The summed E-state index contributed by atoms with van der Waals surface area (Å²) in [5.74, 6) is -0.424. The van der Waals surface area contributed by atoms with E-state index in [4.69, 9.17) is 4.74 Å². The molecule has 154 valence electrons. The van der Waals surface area contributed by atoms with E-state index in [1.165, 1.54) is 5.56 Å². The molecule has 0 radical (unpaired) electrons. The van der Waals surface area contributed by atoms with Crippen LogP contribution in [0.3, 0.4) is 0 Å². The van der Waals surface area contributed by atoms with Crippen LogP contribution in [0.2, 0.25) is 0 Å². The number of nitrogens with one attached hydrogen (secondary N) is 1. The van der Waals surface area contributed by atoms with Gasteiger partial charge in [-0.2, -0.15) is 0 Å². The first kappa shape index (κ1) is 20.9. The molecule has 0 saturated carbocycles. The number of ether oxygens (including phenoxy) is 1. The monoisotopic (exact) mass is 395 g/mol. The fourth-order valence-electron chi connectivity index (χ4n) is 3.50. The van der Waals surface area contributed by atoms with Gasteiger partial charge in [0, 0.05) is 26.2 Å². The summed E-state index contributed by atoms with van der Waals surface area (Å²) in [5.41, 5.74) is 2.23. The lowest BCUT2D eigenvalue weighted by atomic mass is 10.1. The highest BCUT2D eigenvalue weighted by atomic mass is 16.5. The standard InChI is InChI=1S/C23H29N3O3/c1-2-29-22(27)20-12-6-7-13-21(20)24-23(28)26-17-15-25(16-18-26)14-8-11-19-9-4-3-5-10-19/h3-7,9-10,12-13H,2,8,11,14-18H2,1H3,(H,24,28). The highest BCUT2D eigenvalue weighted by Gasteiger charge is 2.22. The Bertz CT molecular complexity index is 802. The van der Waals surface area contributed by atoms with E-state index in [2.05, 4.69) is 34.5 Å². The zero-order valence-corrected chi connectivity index (χ0v) is 17.0. The zero-order valence-electron chi connectivity index (χ0n) is 17.0. The molecule has 0 bridgehead atoms. The molecule has 1 N–H and O–H groups in total. The summed E-state index contributed by atoms with van der Waals surface area (Å²) in [6.07, 6.45) is 2.19. The molecule has 1 fully saturated rings. The van der Waals surface area contributed by atoms with Gasteiger partial charge in [-0.05, 0) is 44.0 Å². The van der Waals surface area contributed by atoms with Gasteiger partial charge in [0.1, 0.15) is 0 Å². The fraction of sp³-hybridized carbons (Fsp3) is 0.391. The Morgan fingerprint density at radius 2 is 1.66 bits per heavy atom. The van der Waals surface area contributed by atoms with Crippen LogP contribution in [0.5, 0.6) is 0 Å². The van der Waals surface area contributed by atoms with Gasteiger partial charge in [0.15, 0.2) is 0 Å². The van der Waals surface area contributed by atoms with Crippen LogP contribution in [0, 0.1) is 0 Å². The van der Waals surface area contributed by atoms with E-state index in [0.717, 1.165) is 32.5 Å². The molecular weight excluding hydrogens is 366 g/mol. The molecule has 3 rings (SSSR count). The number of benzene rings is 2. The van der Waals surface area contributed by atoms with E-state index in [1.807, 2.05) is 6.07 Å². The first-order chi connectivity index (χ1) is 14.2. The van der Waals surface area contributed by atoms with Crippen LogP contribution in [-0.4, -0.2) is 61.1 Å². The predicted molar refractivity (Wildman–Crippen MR) is 114 cm³/mol. The van der Waals surface area contributed by atoms with E-state index in [-0.39, 0.29) is 6.03 Å². The number of piperazine rings is 1. The molecule has 0 spiro atoms. The molecular formula is C23H29N3O3. The second-order valence-corrected chi connectivity index (χ2v) is 7.11. The highest BCUT2D eigenvalue weighted by molar-refractivity contribution is 6.00. The maximum absolute atomic E-state index is 12.7. The number of para-hydroxylation sites is 1. The number of rotatable bonds is 7. The Morgan fingerprint density at radius 1 is 0.966 bits per heavy atom. The van der Waals surface area contributed by atoms with Gasteiger partial charge in [-0.25, -0.2) is 9.59 Å². The van der Waals surface area contributed by atoms with Crippen LogP contribution >= 0.6 is 0 Å². The summed E-state index contributed by atoms with van der Waals surface area (Å²) >= 11 is 0. The third kappa shape index (κ3) is 6.06. The van der Waals surface area contributed by atoms with Gasteiger partial charge < -0.3 is 15.0 Å². The van der Waals surface area contributed by atoms with Crippen molar-refractivity contribution in [2.75, 3.05) is 44.6 Å². The second kappa shape index (κ2) is 10.6. The molecule has 2 amide bonds. The van der Waals surface area contributed by atoms with Crippen LogP contribution in [0.1, 0.15) is 29.3 Å². The first-order valence-corrected chi connectivity index (χ1v) is 10.3. The van der Waals surface area contributed by atoms with Gasteiger partial charge in [0.2, 0.25) is 0 Å². The maximum Gasteiger partial charge on any atom is 0.340 e. The van der Waals surface area contributed by atoms with Crippen molar-refractivity contribution in [1.29, 1.82) is 0 Å². The minimum Gasteiger partial charge on any atom is -0.462 e. The lowest BCUT2D eigenvalue weighted by Crippen LogP contribution is -2.50. The minimum absolute atomic E-state index is 0.175. The molecule has 0 aliphatic carbocycles. The summed E-state index contributed by atoms with van der Waals surface area (Å²) < 4.78 is 5.07. The molecule has 1 aliphatic heterocycles. The number of hydrogen-bond acceptors (Lipinski definition) is 4. The lowest BCUT2D eigenvalue weighted by molar-refractivity contribution is 0.0527. The Balaban J connectivity index is 1.45. The molecule has 6 nitrogen and oxygen atoms in total. The zero-order chi connectivity index (χ0) is 20.5. The van der Waals surface area contributed by atoms with Gasteiger partial charge in [-0.15, -0.1) is 0 Å². The van der Waals surface area contributed by atoms with Crippen LogP contribution < -0.4 is 5.32 Å². The average molecular weight is 396 g/mol. The number of hydrogen-bond donors (Lipinski definition) is 1. The van der Waals surface area contributed by atoms with Crippen molar-refractivity contribution in [3.05, 3.63) is 65.7 Å². The van der Waals surface area contributed by atoms with Gasteiger partial charge >= 0.3 is 12.0 Å². The molecule has 1 aliphatic rings. The second-order valence-electron chi connectivity index (χ2n) is 7.11. The Morgan fingerprint density at radius 3 is 2.38 bits per heavy atom.